The average molecular weight is 303 g/mol. The Kier molecular flexibility index (Phi) is 5.10. The van der Waals surface area contributed by atoms with Gasteiger partial charge in [0, 0.05) is 19.1 Å². The Morgan fingerprint density at radius 3 is 2.35 bits per heavy atom. The quantitative estimate of drug-likeness (QED) is 0.786. The number of hydrogen-bond acceptors (Lipinski definition) is 4. The van der Waals surface area contributed by atoms with Gasteiger partial charge in [0.15, 0.2) is 0 Å². The lowest BCUT2D eigenvalue weighted by Gasteiger charge is -2.49. The van der Waals surface area contributed by atoms with Crippen LogP contribution in [-0.2, 0) is 10.0 Å². The predicted molar refractivity (Wildman–Crippen MR) is 82.3 cm³/mol. The zero-order valence-corrected chi connectivity index (χ0v) is 13.9. The predicted octanol–water partition coefficient (Wildman–Crippen LogP) is 0.732. The van der Waals surface area contributed by atoms with Crippen molar-refractivity contribution in [1.29, 1.82) is 0 Å². The molecule has 2 fully saturated rings. The maximum atomic E-state index is 12.5. The maximum Gasteiger partial charge on any atom is 0.214 e. The lowest BCUT2D eigenvalue weighted by Crippen LogP contribution is -2.57. The van der Waals surface area contributed by atoms with Crippen LogP contribution >= 0.6 is 0 Å². The van der Waals surface area contributed by atoms with Gasteiger partial charge in [-0.25, -0.2) is 12.7 Å². The minimum Gasteiger partial charge on any atom is -0.316 e. The highest BCUT2D eigenvalue weighted by Gasteiger charge is 2.42. The summed E-state index contributed by atoms with van der Waals surface area (Å²) in [5.41, 5.74) is 0.0621. The minimum absolute atomic E-state index is 0.0621. The molecule has 5 nitrogen and oxygen atoms in total. The van der Waals surface area contributed by atoms with Crippen molar-refractivity contribution in [2.45, 2.75) is 37.6 Å². The average Bonchev–Trinajstić information content (AvgIpc) is 2.33. The molecule has 1 aliphatic carbocycles. The SMILES string of the molecule is CN(C)C1(CN(C)S(=O)(=O)CC2CCCNC2)CCC1. The van der Waals surface area contributed by atoms with Crippen LogP contribution in [-0.4, -0.2) is 69.7 Å². The fraction of sp³-hybridized carbons (Fsp3) is 1.00. The molecule has 0 radical (unpaired) electrons. The van der Waals surface area contributed by atoms with Crippen LogP contribution in [0.25, 0.3) is 0 Å². The van der Waals surface area contributed by atoms with Gasteiger partial charge in [-0.1, -0.05) is 0 Å². The third-order valence-corrected chi connectivity index (χ3v) is 7.04. The molecule has 0 spiro atoms. The third kappa shape index (κ3) is 3.53. The van der Waals surface area contributed by atoms with Crippen LogP contribution in [0.3, 0.4) is 0 Å². The van der Waals surface area contributed by atoms with Crippen LogP contribution in [0.2, 0.25) is 0 Å². The van der Waals surface area contributed by atoms with E-state index < -0.39 is 10.0 Å². The number of piperidine rings is 1. The van der Waals surface area contributed by atoms with Crippen molar-refractivity contribution in [1.82, 2.24) is 14.5 Å². The van der Waals surface area contributed by atoms with E-state index in [1.165, 1.54) is 6.42 Å². The number of sulfonamides is 1. The highest BCUT2D eigenvalue weighted by Crippen LogP contribution is 2.37. The lowest BCUT2D eigenvalue weighted by atomic mass is 9.75. The minimum atomic E-state index is -3.14. The first-order valence-corrected chi connectivity index (χ1v) is 9.29. The summed E-state index contributed by atoms with van der Waals surface area (Å²) in [6.45, 7) is 2.49. The van der Waals surface area contributed by atoms with Crippen LogP contribution in [0.5, 0.6) is 0 Å². The van der Waals surface area contributed by atoms with Crippen LogP contribution in [0, 0.1) is 5.92 Å². The molecule has 1 saturated heterocycles. The molecule has 1 atom stereocenters. The molecule has 0 aromatic carbocycles. The Bertz CT molecular complexity index is 412. The number of rotatable bonds is 6. The van der Waals surface area contributed by atoms with Crippen LogP contribution in [0.1, 0.15) is 32.1 Å². The monoisotopic (exact) mass is 303 g/mol. The molecule has 0 aromatic heterocycles. The van der Waals surface area contributed by atoms with Crippen molar-refractivity contribution >= 4 is 10.0 Å². The van der Waals surface area contributed by atoms with Crippen molar-refractivity contribution in [3.63, 3.8) is 0 Å². The molecule has 1 aliphatic heterocycles. The third-order valence-electron chi connectivity index (χ3n) is 5.07. The van der Waals surface area contributed by atoms with E-state index in [1.54, 1.807) is 11.4 Å². The van der Waals surface area contributed by atoms with Gasteiger partial charge in [0.05, 0.1) is 5.75 Å². The summed E-state index contributed by atoms with van der Waals surface area (Å²) in [5, 5.41) is 3.29. The van der Waals surface area contributed by atoms with Gasteiger partial charge < -0.3 is 10.2 Å². The molecule has 20 heavy (non-hydrogen) atoms. The molecule has 6 heteroatoms. The Morgan fingerprint density at radius 1 is 1.20 bits per heavy atom. The van der Waals surface area contributed by atoms with Crippen molar-refractivity contribution in [2.24, 2.45) is 5.92 Å². The molecule has 0 bridgehead atoms. The topological polar surface area (TPSA) is 52.7 Å². The molecule has 1 N–H and O–H groups in total. The van der Waals surface area contributed by atoms with E-state index in [9.17, 15) is 8.42 Å². The summed E-state index contributed by atoms with van der Waals surface area (Å²) in [7, 11) is 2.73. The van der Waals surface area contributed by atoms with Gasteiger partial charge in [0.1, 0.15) is 0 Å². The second kappa shape index (κ2) is 6.30. The molecule has 2 rings (SSSR count). The smallest absolute Gasteiger partial charge is 0.214 e. The van der Waals surface area contributed by atoms with E-state index in [-0.39, 0.29) is 11.5 Å². The van der Waals surface area contributed by atoms with E-state index in [1.807, 2.05) is 0 Å². The lowest BCUT2D eigenvalue weighted by molar-refractivity contribution is 0.0454. The Morgan fingerprint density at radius 2 is 1.90 bits per heavy atom. The molecular formula is C14H29N3O2S. The van der Waals surface area contributed by atoms with Crippen LogP contribution < -0.4 is 5.32 Å². The second-order valence-corrected chi connectivity index (χ2v) is 8.84. The van der Waals surface area contributed by atoms with E-state index in [4.69, 9.17) is 0 Å². The second-order valence-electron chi connectivity index (χ2n) is 6.72. The standard InChI is InChI=1S/C14H29N3O2S/c1-16(2)14(7-5-8-14)12-17(3)20(18,19)11-13-6-4-9-15-10-13/h13,15H,4-12H2,1-3H3. The molecule has 1 unspecified atom stereocenters. The first kappa shape index (κ1) is 16.2. The van der Waals surface area contributed by atoms with Crippen molar-refractivity contribution in [2.75, 3.05) is 46.5 Å². The number of nitrogens with zero attached hydrogens (tertiary/aromatic N) is 2. The van der Waals surface area contributed by atoms with E-state index >= 15 is 0 Å². The fourth-order valence-electron chi connectivity index (χ4n) is 3.34. The van der Waals surface area contributed by atoms with Gasteiger partial charge in [-0.3, -0.25) is 0 Å². The first-order valence-electron chi connectivity index (χ1n) is 7.68. The fourth-order valence-corrected chi connectivity index (χ4v) is 4.91. The Labute approximate surface area is 123 Å². The van der Waals surface area contributed by atoms with Gasteiger partial charge in [-0.05, 0) is 65.2 Å². The van der Waals surface area contributed by atoms with Gasteiger partial charge in [-0.15, -0.1) is 0 Å². The van der Waals surface area contributed by atoms with Gasteiger partial charge in [-0.2, -0.15) is 0 Å². The number of hydrogen-bond donors (Lipinski definition) is 1. The normalized spacial score (nSPS) is 26.8. The highest BCUT2D eigenvalue weighted by molar-refractivity contribution is 7.89. The van der Waals surface area contributed by atoms with Gasteiger partial charge in [0.2, 0.25) is 10.0 Å². The zero-order chi connectivity index (χ0) is 14.8. The zero-order valence-electron chi connectivity index (χ0n) is 13.1. The Balaban J connectivity index is 1.94. The first-order chi connectivity index (χ1) is 9.36. The van der Waals surface area contributed by atoms with Crippen LogP contribution in [0.15, 0.2) is 0 Å². The molecular weight excluding hydrogens is 274 g/mol. The summed E-state index contributed by atoms with van der Waals surface area (Å²) in [5.74, 6) is 0.563. The summed E-state index contributed by atoms with van der Waals surface area (Å²) in [6.07, 6.45) is 5.53. The Hall–Kier alpha value is -0.170. The number of nitrogens with one attached hydrogen (secondary N) is 1. The van der Waals surface area contributed by atoms with E-state index in [2.05, 4.69) is 24.3 Å². The van der Waals surface area contributed by atoms with Gasteiger partial charge >= 0.3 is 0 Å². The molecule has 118 valence electrons. The molecule has 1 heterocycles. The van der Waals surface area contributed by atoms with E-state index in [0.29, 0.717) is 12.3 Å². The highest BCUT2D eigenvalue weighted by atomic mass is 32.2. The summed E-state index contributed by atoms with van der Waals surface area (Å²) in [6, 6.07) is 0. The molecule has 0 aromatic rings. The van der Waals surface area contributed by atoms with Crippen LogP contribution in [0.4, 0.5) is 0 Å². The van der Waals surface area contributed by atoms with Crippen molar-refractivity contribution < 1.29 is 8.42 Å². The summed E-state index contributed by atoms with van der Waals surface area (Å²) in [4.78, 5) is 2.20. The van der Waals surface area contributed by atoms with Crippen molar-refractivity contribution in [3.8, 4) is 0 Å². The van der Waals surface area contributed by atoms with Crippen molar-refractivity contribution in [3.05, 3.63) is 0 Å². The maximum absolute atomic E-state index is 12.5. The molecule has 2 aliphatic rings. The van der Waals surface area contributed by atoms with Gasteiger partial charge in [0.25, 0.3) is 0 Å². The number of likely N-dealkylation sites (N-methyl/N-ethyl adjacent to an activating group) is 2. The largest absolute Gasteiger partial charge is 0.316 e. The molecule has 1 saturated carbocycles. The summed E-state index contributed by atoms with van der Waals surface area (Å²) >= 11 is 0. The van der Waals surface area contributed by atoms with E-state index in [0.717, 1.165) is 38.8 Å². The summed E-state index contributed by atoms with van der Waals surface area (Å²) < 4.78 is 26.6. The molecule has 0 amide bonds.